The minimum Gasteiger partial charge on any atom is -0.329 e. The number of aromatic nitrogens is 2. The molecule has 0 aliphatic heterocycles. The third-order valence-electron chi connectivity index (χ3n) is 3.27. The Labute approximate surface area is 121 Å². The molecule has 1 rings (SSSR count). The maximum Gasteiger partial charge on any atom is 0.244 e. The quantitative estimate of drug-likeness (QED) is 0.757. The van der Waals surface area contributed by atoms with Crippen LogP contribution in [0.2, 0.25) is 0 Å². The molecule has 6 nitrogen and oxygen atoms in total. The lowest BCUT2D eigenvalue weighted by Gasteiger charge is -2.14. The summed E-state index contributed by atoms with van der Waals surface area (Å²) in [5, 5.41) is 4.25. The van der Waals surface area contributed by atoms with Crippen LogP contribution < -0.4 is 10.5 Å². The van der Waals surface area contributed by atoms with Crippen LogP contribution in [0.3, 0.4) is 0 Å². The molecule has 0 aliphatic rings. The minimum absolute atomic E-state index is 0.0726. The van der Waals surface area contributed by atoms with Gasteiger partial charge in [-0.3, -0.25) is 4.68 Å². The van der Waals surface area contributed by atoms with Crippen LogP contribution in [0.4, 0.5) is 0 Å². The van der Waals surface area contributed by atoms with E-state index in [4.69, 9.17) is 5.73 Å². The fourth-order valence-corrected chi connectivity index (χ4v) is 3.99. The average Bonchev–Trinajstić information content (AvgIpc) is 2.62. The van der Waals surface area contributed by atoms with E-state index in [2.05, 4.69) is 16.7 Å². The molecule has 116 valence electrons. The molecule has 0 saturated carbocycles. The van der Waals surface area contributed by atoms with E-state index in [1.807, 2.05) is 6.92 Å². The number of hydrogen-bond donors (Lipinski definition) is 2. The molecule has 7 heteroatoms. The van der Waals surface area contributed by atoms with Gasteiger partial charge in [0.25, 0.3) is 0 Å². The van der Waals surface area contributed by atoms with Crippen LogP contribution in [-0.2, 0) is 16.6 Å². The Morgan fingerprint density at radius 2 is 2.05 bits per heavy atom. The van der Waals surface area contributed by atoms with E-state index in [0.717, 1.165) is 19.3 Å². The number of aryl methyl sites for hydroxylation is 1. The molecule has 0 radical (unpaired) electrons. The maximum absolute atomic E-state index is 12.5. The van der Waals surface area contributed by atoms with Gasteiger partial charge in [0.1, 0.15) is 4.90 Å². The molecule has 1 atom stereocenters. The summed E-state index contributed by atoms with van der Waals surface area (Å²) in [5.74, 6) is 0. The number of nitrogens with one attached hydrogen (secondary N) is 1. The molecule has 1 aromatic heterocycles. The Morgan fingerprint density at radius 3 is 2.60 bits per heavy atom. The first-order valence-electron chi connectivity index (χ1n) is 7.09. The Bertz CT molecular complexity index is 537. The third-order valence-corrected chi connectivity index (χ3v) is 5.11. The van der Waals surface area contributed by atoms with Gasteiger partial charge in [0, 0.05) is 12.6 Å². The van der Waals surface area contributed by atoms with Gasteiger partial charge < -0.3 is 5.73 Å². The van der Waals surface area contributed by atoms with Gasteiger partial charge in [-0.1, -0.05) is 19.8 Å². The Balaban J connectivity index is 2.98. The van der Waals surface area contributed by atoms with Crippen molar-refractivity contribution in [3.8, 4) is 0 Å². The Morgan fingerprint density at radius 1 is 1.40 bits per heavy atom. The molecule has 0 spiro atoms. The van der Waals surface area contributed by atoms with Crippen LogP contribution in [0.15, 0.2) is 4.90 Å². The lowest BCUT2D eigenvalue weighted by atomic mass is 10.2. The molecule has 1 heterocycles. The average molecular weight is 302 g/mol. The number of hydrogen-bond acceptors (Lipinski definition) is 4. The van der Waals surface area contributed by atoms with Crippen molar-refractivity contribution in [2.24, 2.45) is 5.73 Å². The van der Waals surface area contributed by atoms with Crippen LogP contribution in [0.25, 0.3) is 0 Å². The number of rotatable bonds is 8. The molecule has 0 aliphatic carbocycles. The second kappa shape index (κ2) is 7.19. The zero-order valence-electron chi connectivity index (χ0n) is 12.8. The lowest BCUT2D eigenvalue weighted by molar-refractivity contribution is 0.533. The molecule has 1 unspecified atom stereocenters. The Kier molecular flexibility index (Phi) is 6.16. The monoisotopic (exact) mass is 302 g/mol. The topological polar surface area (TPSA) is 90.0 Å². The van der Waals surface area contributed by atoms with Crippen molar-refractivity contribution in [1.29, 1.82) is 0 Å². The fourth-order valence-electron chi connectivity index (χ4n) is 2.30. The van der Waals surface area contributed by atoms with Gasteiger partial charge in [-0.05, 0) is 27.2 Å². The third kappa shape index (κ3) is 4.04. The van der Waals surface area contributed by atoms with Gasteiger partial charge >= 0.3 is 0 Å². The first kappa shape index (κ1) is 17.1. The molecule has 20 heavy (non-hydrogen) atoms. The summed E-state index contributed by atoms with van der Waals surface area (Å²) >= 11 is 0. The first-order chi connectivity index (χ1) is 9.33. The molecule has 0 fully saturated rings. The van der Waals surface area contributed by atoms with Crippen LogP contribution >= 0.6 is 0 Å². The highest BCUT2D eigenvalue weighted by Crippen LogP contribution is 2.20. The number of unbranched alkanes of at least 4 members (excludes halogenated alkanes) is 1. The van der Waals surface area contributed by atoms with E-state index in [1.54, 1.807) is 18.5 Å². The van der Waals surface area contributed by atoms with Crippen molar-refractivity contribution in [3.05, 3.63) is 11.4 Å². The van der Waals surface area contributed by atoms with Gasteiger partial charge in [-0.2, -0.15) is 5.10 Å². The van der Waals surface area contributed by atoms with Crippen molar-refractivity contribution in [1.82, 2.24) is 14.5 Å². The predicted octanol–water partition coefficient (Wildman–Crippen LogP) is 1.32. The molecule has 1 aromatic rings. The highest BCUT2D eigenvalue weighted by Gasteiger charge is 2.25. The fraction of sp³-hybridized carbons (Fsp3) is 0.769. The van der Waals surface area contributed by atoms with Crippen molar-refractivity contribution < 1.29 is 8.42 Å². The van der Waals surface area contributed by atoms with E-state index in [9.17, 15) is 8.42 Å². The first-order valence-corrected chi connectivity index (χ1v) is 8.58. The van der Waals surface area contributed by atoms with Crippen molar-refractivity contribution in [3.63, 3.8) is 0 Å². The van der Waals surface area contributed by atoms with Gasteiger partial charge in [-0.15, -0.1) is 0 Å². The largest absolute Gasteiger partial charge is 0.329 e. The number of sulfonamides is 1. The predicted molar refractivity (Wildman–Crippen MR) is 80.1 cm³/mol. The van der Waals surface area contributed by atoms with E-state index < -0.39 is 10.0 Å². The van der Waals surface area contributed by atoms with E-state index in [-0.39, 0.29) is 10.9 Å². The molecule has 0 amide bonds. The molecule has 0 saturated heterocycles. The maximum atomic E-state index is 12.5. The lowest BCUT2D eigenvalue weighted by Crippen LogP contribution is -2.33. The van der Waals surface area contributed by atoms with E-state index in [0.29, 0.717) is 24.5 Å². The molecule has 0 aromatic carbocycles. The molecular weight excluding hydrogens is 276 g/mol. The molecular formula is C13H26N4O2S. The van der Waals surface area contributed by atoms with E-state index in [1.165, 1.54) is 0 Å². The summed E-state index contributed by atoms with van der Waals surface area (Å²) in [6.07, 6.45) is 2.90. The summed E-state index contributed by atoms with van der Waals surface area (Å²) in [6, 6.07) is -0.0726. The van der Waals surface area contributed by atoms with Crippen LogP contribution in [0.1, 0.15) is 44.5 Å². The zero-order chi connectivity index (χ0) is 15.3. The number of nitrogens with zero attached hydrogens (tertiary/aromatic N) is 2. The van der Waals surface area contributed by atoms with E-state index >= 15 is 0 Å². The van der Waals surface area contributed by atoms with Crippen LogP contribution in [-0.4, -0.2) is 30.8 Å². The smallest absolute Gasteiger partial charge is 0.244 e. The highest BCUT2D eigenvalue weighted by molar-refractivity contribution is 7.89. The molecule has 3 N–H and O–H groups in total. The summed E-state index contributed by atoms with van der Waals surface area (Å²) in [7, 11) is -3.52. The standard InChI is InChI=1S/C13H26N4O2S/c1-5-6-7-10(2)16-20(18,19)13-11(3)15-17(9-8-14)12(13)4/h10,16H,5-9,14H2,1-4H3. The molecule has 0 bridgehead atoms. The summed E-state index contributed by atoms with van der Waals surface area (Å²) in [4.78, 5) is 0.286. The van der Waals surface area contributed by atoms with Crippen molar-refractivity contribution >= 4 is 10.0 Å². The minimum atomic E-state index is -3.52. The SMILES string of the molecule is CCCCC(C)NS(=O)(=O)c1c(C)nn(CCN)c1C. The normalized spacial score (nSPS) is 13.7. The zero-order valence-corrected chi connectivity index (χ0v) is 13.6. The van der Waals surface area contributed by atoms with Gasteiger partial charge in [0.15, 0.2) is 0 Å². The summed E-state index contributed by atoms with van der Waals surface area (Å²) < 4.78 is 29.3. The van der Waals surface area contributed by atoms with Crippen LogP contribution in [0, 0.1) is 13.8 Å². The Hall–Kier alpha value is -0.920. The highest BCUT2D eigenvalue weighted by atomic mass is 32.2. The van der Waals surface area contributed by atoms with Gasteiger partial charge in [-0.25, -0.2) is 13.1 Å². The second-order valence-electron chi connectivity index (χ2n) is 5.18. The van der Waals surface area contributed by atoms with Crippen LogP contribution in [0.5, 0.6) is 0 Å². The summed E-state index contributed by atoms with van der Waals surface area (Å²) in [6.45, 7) is 8.41. The second-order valence-corrected chi connectivity index (χ2v) is 6.83. The summed E-state index contributed by atoms with van der Waals surface area (Å²) in [5.41, 5.74) is 6.67. The van der Waals surface area contributed by atoms with Crippen molar-refractivity contribution in [2.45, 2.75) is 64.4 Å². The van der Waals surface area contributed by atoms with Crippen molar-refractivity contribution in [2.75, 3.05) is 6.54 Å². The van der Waals surface area contributed by atoms with Gasteiger partial charge in [0.05, 0.1) is 17.9 Å². The number of nitrogens with two attached hydrogens (primary N) is 1. The van der Waals surface area contributed by atoms with Gasteiger partial charge in [0.2, 0.25) is 10.0 Å².